The van der Waals surface area contributed by atoms with Crippen LogP contribution in [0.4, 0.5) is 0 Å². The number of aliphatic hydroxyl groups excluding tert-OH is 1. The smallest absolute Gasteiger partial charge is 0.252 e. The predicted molar refractivity (Wildman–Crippen MR) is 67.5 cm³/mol. The molecule has 0 fully saturated rings. The number of aliphatic hydroxyl groups is 1. The van der Waals surface area contributed by atoms with Crippen molar-refractivity contribution in [2.45, 2.75) is 26.6 Å². The third kappa shape index (κ3) is 1.86. The summed E-state index contributed by atoms with van der Waals surface area (Å²) in [7, 11) is 0. The number of ether oxygens (including phenoxy) is 2. The van der Waals surface area contributed by atoms with Gasteiger partial charge >= 0.3 is 0 Å². The Morgan fingerprint density at radius 2 is 2.05 bits per heavy atom. The lowest BCUT2D eigenvalue weighted by Gasteiger charge is -2.22. The Labute approximate surface area is 111 Å². The molecule has 3 rings (SSSR count). The first-order valence-electron chi connectivity index (χ1n) is 6.13. The zero-order valence-corrected chi connectivity index (χ0v) is 10.8. The number of fused-ring (bicyclic) bond motifs is 1. The van der Waals surface area contributed by atoms with E-state index in [1.807, 2.05) is 18.2 Å². The summed E-state index contributed by atoms with van der Waals surface area (Å²) in [6, 6.07) is 5.53. The fourth-order valence-corrected chi connectivity index (χ4v) is 2.32. The van der Waals surface area contributed by atoms with Gasteiger partial charge in [-0.05, 0) is 37.1 Å². The number of nitrogens with zero attached hydrogens (tertiary/aromatic N) is 1. The second-order valence-corrected chi connectivity index (χ2v) is 4.80. The van der Waals surface area contributed by atoms with Crippen LogP contribution in [0.5, 0.6) is 11.5 Å². The number of benzene rings is 1. The van der Waals surface area contributed by atoms with E-state index in [1.54, 1.807) is 13.8 Å². The van der Waals surface area contributed by atoms with Gasteiger partial charge in [-0.15, -0.1) is 0 Å². The van der Waals surface area contributed by atoms with Crippen LogP contribution in [-0.2, 0) is 11.3 Å². The summed E-state index contributed by atoms with van der Waals surface area (Å²) in [5.41, 5.74) is 2.23. The molecule has 0 aromatic heterocycles. The van der Waals surface area contributed by atoms with Crippen molar-refractivity contribution in [3.63, 3.8) is 0 Å². The Morgan fingerprint density at radius 3 is 2.74 bits per heavy atom. The molecule has 1 N–H and O–H groups in total. The summed E-state index contributed by atoms with van der Waals surface area (Å²) in [6.45, 7) is 4.09. The fourth-order valence-electron chi connectivity index (χ4n) is 2.32. The van der Waals surface area contributed by atoms with Crippen molar-refractivity contribution >= 4 is 5.91 Å². The van der Waals surface area contributed by atoms with E-state index in [2.05, 4.69) is 0 Å². The Morgan fingerprint density at radius 1 is 1.32 bits per heavy atom. The van der Waals surface area contributed by atoms with Crippen molar-refractivity contribution < 1.29 is 19.4 Å². The second-order valence-electron chi connectivity index (χ2n) is 4.80. The van der Waals surface area contributed by atoms with Crippen LogP contribution in [0.15, 0.2) is 29.3 Å². The molecule has 2 aliphatic rings. The number of rotatable bonds is 2. The highest BCUT2D eigenvalue weighted by atomic mass is 16.7. The molecule has 1 amide bonds. The maximum absolute atomic E-state index is 12.0. The Kier molecular flexibility index (Phi) is 2.71. The number of carbonyl (C=O) groups excluding carboxylic acids is 1. The topological polar surface area (TPSA) is 59.0 Å². The lowest BCUT2D eigenvalue weighted by atomic mass is 10.2. The molecular formula is C14H15NO4. The number of hydrogen-bond acceptors (Lipinski definition) is 4. The van der Waals surface area contributed by atoms with Crippen LogP contribution >= 0.6 is 0 Å². The molecule has 1 atom stereocenters. The summed E-state index contributed by atoms with van der Waals surface area (Å²) >= 11 is 0. The van der Waals surface area contributed by atoms with Gasteiger partial charge in [0.2, 0.25) is 6.79 Å². The average molecular weight is 261 g/mol. The number of hydrogen-bond donors (Lipinski definition) is 1. The average Bonchev–Trinajstić information content (AvgIpc) is 2.94. The fraction of sp³-hybridized carbons (Fsp3) is 0.357. The van der Waals surface area contributed by atoms with Crippen molar-refractivity contribution in [3.05, 3.63) is 34.9 Å². The van der Waals surface area contributed by atoms with Gasteiger partial charge < -0.3 is 19.5 Å². The van der Waals surface area contributed by atoms with Crippen LogP contribution in [0.2, 0.25) is 0 Å². The van der Waals surface area contributed by atoms with Crippen LogP contribution in [-0.4, -0.2) is 28.9 Å². The molecule has 19 heavy (non-hydrogen) atoms. The summed E-state index contributed by atoms with van der Waals surface area (Å²) in [4.78, 5) is 13.5. The molecular weight excluding hydrogens is 246 g/mol. The highest BCUT2D eigenvalue weighted by Crippen LogP contribution is 2.34. The molecule has 1 aromatic carbocycles. The van der Waals surface area contributed by atoms with Crippen LogP contribution in [0.25, 0.3) is 0 Å². The summed E-state index contributed by atoms with van der Waals surface area (Å²) in [5.74, 6) is 1.27. The molecule has 0 radical (unpaired) electrons. The largest absolute Gasteiger partial charge is 0.454 e. The molecule has 5 heteroatoms. The number of amides is 1. The van der Waals surface area contributed by atoms with Crippen molar-refractivity contribution in [1.29, 1.82) is 0 Å². The molecule has 1 aromatic rings. The van der Waals surface area contributed by atoms with Gasteiger partial charge in [0.05, 0.1) is 0 Å². The third-order valence-electron chi connectivity index (χ3n) is 3.65. The second kappa shape index (κ2) is 4.28. The monoisotopic (exact) mass is 261 g/mol. The Bertz CT molecular complexity index is 579. The molecule has 1 unspecified atom stereocenters. The van der Waals surface area contributed by atoms with Gasteiger partial charge in [0, 0.05) is 12.1 Å². The Hall–Kier alpha value is -2.01. The normalized spacial score (nSPS) is 21.5. The van der Waals surface area contributed by atoms with E-state index in [-0.39, 0.29) is 12.7 Å². The van der Waals surface area contributed by atoms with Gasteiger partial charge in [-0.3, -0.25) is 4.79 Å². The molecule has 0 saturated heterocycles. The van der Waals surface area contributed by atoms with Crippen LogP contribution in [0.1, 0.15) is 19.4 Å². The highest BCUT2D eigenvalue weighted by molar-refractivity contribution is 5.96. The van der Waals surface area contributed by atoms with Gasteiger partial charge in [-0.1, -0.05) is 6.07 Å². The predicted octanol–water partition coefficient (Wildman–Crippen LogP) is 1.41. The molecule has 2 aliphatic heterocycles. The van der Waals surface area contributed by atoms with E-state index >= 15 is 0 Å². The third-order valence-corrected chi connectivity index (χ3v) is 3.65. The first-order valence-corrected chi connectivity index (χ1v) is 6.13. The Balaban J connectivity index is 1.81. The van der Waals surface area contributed by atoms with Gasteiger partial charge in [0.15, 0.2) is 17.7 Å². The van der Waals surface area contributed by atoms with E-state index in [0.29, 0.717) is 29.2 Å². The van der Waals surface area contributed by atoms with E-state index in [1.165, 1.54) is 4.90 Å². The minimum atomic E-state index is -0.835. The van der Waals surface area contributed by atoms with Gasteiger partial charge in [-0.25, -0.2) is 0 Å². The van der Waals surface area contributed by atoms with Crippen LogP contribution < -0.4 is 9.47 Å². The minimum absolute atomic E-state index is 0.123. The van der Waals surface area contributed by atoms with Crippen molar-refractivity contribution in [2.24, 2.45) is 0 Å². The minimum Gasteiger partial charge on any atom is -0.454 e. The van der Waals surface area contributed by atoms with E-state index in [0.717, 1.165) is 5.56 Å². The van der Waals surface area contributed by atoms with Crippen LogP contribution in [0.3, 0.4) is 0 Å². The summed E-state index contributed by atoms with van der Waals surface area (Å²) in [6.07, 6.45) is -0.835. The molecule has 0 saturated carbocycles. The summed E-state index contributed by atoms with van der Waals surface area (Å²) < 4.78 is 10.5. The lowest BCUT2D eigenvalue weighted by molar-refractivity contribution is -0.132. The van der Waals surface area contributed by atoms with Gasteiger partial charge in [0.25, 0.3) is 5.91 Å². The molecule has 2 heterocycles. The zero-order valence-electron chi connectivity index (χ0n) is 10.8. The van der Waals surface area contributed by atoms with Crippen molar-refractivity contribution in [2.75, 3.05) is 6.79 Å². The summed E-state index contributed by atoms with van der Waals surface area (Å²) in [5, 5.41) is 10.0. The van der Waals surface area contributed by atoms with Crippen molar-refractivity contribution in [3.8, 4) is 11.5 Å². The molecule has 0 spiro atoms. The van der Waals surface area contributed by atoms with Crippen LogP contribution in [0, 0.1) is 0 Å². The van der Waals surface area contributed by atoms with Gasteiger partial charge in [-0.2, -0.15) is 0 Å². The van der Waals surface area contributed by atoms with Crippen molar-refractivity contribution in [1.82, 2.24) is 4.90 Å². The van der Waals surface area contributed by atoms with E-state index in [9.17, 15) is 9.90 Å². The first kappa shape index (κ1) is 12.0. The maximum Gasteiger partial charge on any atom is 0.252 e. The lowest BCUT2D eigenvalue weighted by Crippen LogP contribution is -2.34. The molecule has 0 aliphatic carbocycles. The standard InChI is InChI=1S/C14H15NO4/c1-8-9(2)14(17)15(13(8)16)6-10-3-4-11-12(5-10)19-7-18-11/h3-5,13,16H,6-7H2,1-2H3. The SMILES string of the molecule is CC1=C(C)C(O)N(Cc2ccc3c(c2)OCO3)C1=O. The number of carbonyl (C=O) groups is 1. The van der Waals surface area contributed by atoms with E-state index in [4.69, 9.17) is 9.47 Å². The maximum atomic E-state index is 12.0. The van der Waals surface area contributed by atoms with Gasteiger partial charge in [0.1, 0.15) is 0 Å². The molecule has 100 valence electrons. The molecule has 5 nitrogen and oxygen atoms in total. The quantitative estimate of drug-likeness (QED) is 0.874. The first-order chi connectivity index (χ1) is 9.08. The molecule has 0 bridgehead atoms. The highest BCUT2D eigenvalue weighted by Gasteiger charge is 2.33. The zero-order chi connectivity index (χ0) is 13.6. The van der Waals surface area contributed by atoms with E-state index < -0.39 is 6.23 Å².